The number of piperidine rings is 1. The van der Waals surface area contributed by atoms with E-state index in [0.717, 1.165) is 30.5 Å². The van der Waals surface area contributed by atoms with Crippen LogP contribution in [0.4, 0.5) is 0 Å². The van der Waals surface area contributed by atoms with Crippen molar-refractivity contribution in [2.24, 2.45) is 5.73 Å². The average Bonchev–Trinajstić information content (AvgIpc) is 2.40. The summed E-state index contributed by atoms with van der Waals surface area (Å²) in [6.07, 6.45) is 4.03. The molecule has 2 rings (SSSR count). The van der Waals surface area contributed by atoms with Gasteiger partial charge < -0.3 is 10.6 Å². The Bertz CT molecular complexity index is 399. The van der Waals surface area contributed by atoms with Gasteiger partial charge in [-0.1, -0.05) is 24.3 Å². The molecule has 3 heteroatoms. The maximum atomic E-state index is 12.2. The molecule has 1 atom stereocenters. The van der Waals surface area contributed by atoms with Crippen molar-refractivity contribution >= 4 is 5.91 Å². The summed E-state index contributed by atoms with van der Waals surface area (Å²) in [5.41, 5.74) is 7.75. The number of hydrogen-bond acceptors (Lipinski definition) is 2. The van der Waals surface area contributed by atoms with Gasteiger partial charge in [-0.05, 0) is 37.3 Å². The van der Waals surface area contributed by atoms with Crippen LogP contribution in [0, 0.1) is 0 Å². The van der Waals surface area contributed by atoms with Gasteiger partial charge >= 0.3 is 0 Å². The number of rotatable bonds is 3. The molecule has 2 N–H and O–H groups in total. The van der Waals surface area contributed by atoms with Crippen molar-refractivity contribution in [2.45, 2.75) is 45.2 Å². The smallest absolute Gasteiger partial charge is 0.227 e. The fraction of sp³-hybridized carbons (Fsp3) is 0.533. The first-order valence-corrected chi connectivity index (χ1v) is 6.78. The van der Waals surface area contributed by atoms with Gasteiger partial charge in [0.05, 0.1) is 6.42 Å². The zero-order valence-corrected chi connectivity index (χ0v) is 11.1. The maximum Gasteiger partial charge on any atom is 0.227 e. The van der Waals surface area contributed by atoms with Crippen LogP contribution < -0.4 is 5.73 Å². The van der Waals surface area contributed by atoms with Gasteiger partial charge in [0.1, 0.15) is 0 Å². The maximum absolute atomic E-state index is 12.2. The number of nitrogens with zero attached hydrogens (tertiary/aromatic N) is 1. The number of likely N-dealkylation sites (tertiary alicyclic amines) is 1. The number of amides is 1. The molecule has 0 aromatic heterocycles. The Balaban J connectivity index is 1.97. The van der Waals surface area contributed by atoms with Crippen LogP contribution in [0.3, 0.4) is 0 Å². The standard InChI is InChI=1S/C15H22N2O/c1-12-4-2-3-9-17(12)15(18)10-13-5-7-14(11-16)8-6-13/h5-8,12H,2-4,9-11,16H2,1H3. The summed E-state index contributed by atoms with van der Waals surface area (Å²) in [5, 5.41) is 0. The monoisotopic (exact) mass is 246 g/mol. The van der Waals surface area contributed by atoms with Crippen LogP contribution in [0.5, 0.6) is 0 Å². The molecule has 1 saturated heterocycles. The largest absolute Gasteiger partial charge is 0.340 e. The van der Waals surface area contributed by atoms with Crippen LogP contribution in [-0.2, 0) is 17.8 Å². The molecule has 1 aliphatic rings. The third kappa shape index (κ3) is 3.10. The molecule has 1 aliphatic heterocycles. The highest BCUT2D eigenvalue weighted by Gasteiger charge is 2.22. The van der Waals surface area contributed by atoms with E-state index in [2.05, 4.69) is 6.92 Å². The second kappa shape index (κ2) is 6.01. The van der Waals surface area contributed by atoms with Crippen LogP contribution in [0.1, 0.15) is 37.3 Å². The summed E-state index contributed by atoms with van der Waals surface area (Å²) in [6.45, 7) is 3.62. The van der Waals surface area contributed by atoms with Gasteiger partial charge in [0.2, 0.25) is 5.91 Å². The number of benzene rings is 1. The minimum Gasteiger partial charge on any atom is -0.340 e. The fourth-order valence-electron chi connectivity index (χ4n) is 2.54. The topological polar surface area (TPSA) is 46.3 Å². The van der Waals surface area contributed by atoms with Crippen molar-refractivity contribution in [1.82, 2.24) is 4.90 Å². The van der Waals surface area contributed by atoms with Crippen LogP contribution in [-0.4, -0.2) is 23.4 Å². The van der Waals surface area contributed by atoms with E-state index in [-0.39, 0.29) is 5.91 Å². The molecule has 1 heterocycles. The van der Waals surface area contributed by atoms with Gasteiger partial charge in [-0.25, -0.2) is 0 Å². The number of carbonyl (C=O) groups excluding carboxylic acids is 1. The molecule has 18 heavy (non-hydrogen) atoms. The van der Waals surface area contributed by atoms with Crippen LogP contribution in [0.2, 0.25) is 0 Å². The van der Waals surface area contributed by atoms with Crippen LogP contribution in [0.15, 0.2) is 24.3 Å². The quantitative estimate of drug-likeness (QED) is 0.887. The molecule has 3 nitrogen and oxygen atoms in total. The molecule has 1 aromatic rings. The average molecular weight is 246 g/mol. The molecular weight excluding hydrogens is 224 g/mol. The number of nitrogens with two attached hydrogens (primary N) is 1. The van der Waals surface area contributed by atoms with Gasteiger partial charge in [0, 0.05) is 19.1 Å². The lowest BCUT2D eigenvalue weighted by atomic mass is 10.0. The lowest BCUT2D eigenvalue weighted by Gasteiger charge is -2.33. The number of hydrogen-bond donors (Lipinski definition) is 1. The highest BCUT2D eigenvalue weighted by Crippen LogP contribution is 2.17. The molecule has 0 radical (unpaired) electrons. The Labute approximate surface area is 109 Å². The molecule has 0 aliphatic carbocycles. The molecule has 1 unspecified atom stereocenters. The predicted octanol–water partition coefficient (Wildman–Crippen LogP) is 2.09. The summed E-state index contributed by atoms with van der Waals surface area (Å²) in [5.74, 6) is 0.252. The Morgan fingerprint density at radius 1 is 1.28 bits per heavy atom. The molecule has 1 amide bonds. The van der Waals surface area contributed by atoms with E-state index < -0.39 is 0 Å². The summed E-state index contributed by atoms with van der Waals surface area (Å²) >= 11 is 0. The Morgan fingerprint density at radius 2 is 1.94 bits per heavy atom. The van der Waals surface area contributed by atoms with Crippen molar-refractivity contribution in [3.05, 3.63) is 35.4 Å². The van der Waals surface area contributed by atoms with Gasteiger partial charge in [0.25, 0.3) is 0 Å². The molecule has 1 aromatic carbocycles. The predicted molar refractivity (Wildman–Crippen MR) is 73.1 cm³/mol. The fourth-order valence-corrected chi connectivity index (χ4v) is 2.54. The minimum absolute atomic E-state index is 0.252. The van der Waals surface area contributed by atoms with E-state index in [1.807, 2.05) is 29.2 Å². The molecule has 0 spiro atoms. The number of carbonyl (C=O) groups is 1. The van der Waals surface area contributed by atoms with Crippen molar-refractivity contribution in [1.29, 1.82) is 0 Å². The first kappa shape index (κ1) is 13.1. The first-order chi connectivity index (χ1) is 8.70. The van der Waals surface area contributed by atoms with Gasteiger partial charge in [-0.2, -0.15) is 0 Å². The van der Waals surface area contributed by atoms with Gasteiger partial charge in [-0.3, -0.25) is 4.79 Å². The highest BCUT2D eigenvalue weighted by molar-refractivity contribution is 5.79. The van der Waals surface area contributed by atoms with Crippen molar-refractivity contribution in [3.63, 3.8) is 0 Å². The van der Waals surface area contributed by atoms with Crippen molar-refractivity contribution < 1.29 is 4.79 Å². The van der Waals surface area contributed by atoms with E-state index in [1.54, 1.807) is 0 Å². The normalized spacial score (nSPS) is 19.9. The second-order valence-corrected chi connectivity index (χ2v) is 5.13. The molecule has 0 bridgehead atoms. The van der Waals surface area contributed by atoms with Crippen molar-refractivity contribution in [2.75, 3.05) is 6.54 Å². The van der Waals surface area contributed by atoms with E-state index in [1.165, 1.54) is 6.42 Å². The summed E-state index contributed by atoms with van der Waals surface area (Å²) in [6, 6.07) is 8.42. The van der Waals surface area contributed by atoms with E-state index >= 15 is 0 Å². The Morgan fingerprint density at radius 3 is 2.56 bits per heavy atom. The lowest BCUT2D eigenvalue weighted by Crippen LogP contribution is -2.42. The third-order valence-electron chi connectivity index (χ3n) is 3.74. The van der Waals surface area contributed by atoms with Gasteiger partial charge in [-0.15, -0.1) is 0 Å². The summed E-state index contributed by atoms with van der Waals surface area (Å²) < 4.78 is 0. The first-order valence-electron chi connectivity index (χ1n) is 6.78. The molecular formula is C15H22N2O. The molecule has 0 saturated carbocycles. The van der Waals surface area contributed by atoms with Crippen LogP contribution >= 0.6 is 0 Å². The molecule has 98 valence electrons. The van der Waals surface area contributed by atoms with E-state index in [0.29, 0.717) is 19.0 Å². The zero-order chi connectivity index (χ0) is 13.0. The Kier molecular flexibility index (Phi) is 4.37. The highest BCUT2D eigenvalue weighted by atomic mass is 16.2. The summed E-state index contributed by atoms with van der Waals surface area (Å²) in [4.78, 5) is 14.3. The Hall–Kier alpha value is -1.35. The van der Waals surface area contributed by atoms with E-state index in [9.17, 15) is 4.79 Å². The van der Waals surface area contributed by atoms with Crippen LogP contribution in [0.25, 0.3) is 0 Å². The second-order valence-electron chi connectivity index (χ2n) is 5.13. The third-order valence-corrected chi connectivity index (χ3v) is 3.74. The lowest BCUT2D eigenvalue weighted by molar-refractivity contribution is -0.133. The zero-order valence-electron chi connectivity index (χ0n) is 11.1. The molecule has 1 fully saturated rings. The van der Waals surface area contributed by atoms with Crippen molar-refractivity contribution in [3.8, 4) is 0 Å². The minimum atomic E-state index is 0.252. The van der Waals surface area contributed by atoms with E-state index in [4.69, 9.17) is 5.73 Å². The van der Waals surface area contributed by atoms with Gasteiger partial charge in [0.15, 0.2) is 0 Å². The summed E-state index contributed by atoms with van der Waals surface area (Å²) in [7, 11) is 0. The SMILES string of the molecule is CC1CCCCN1C(=O)Cc1ccc(CN)cc1.